The number of alkyl halides is 4. The summed E-state index contributed by atoms with van der Waals surface area (Å²) in [5.74, 6) is -3.97. The summed E-state index contributed by atoms with van der Waals surface area (Å²) in [6.07, 6.45) is 0.554. The molecule has 0 saturated heterocycles. The molecule has 1 aliphatic rings. The third-order valence-electron chi connectivity index (χ3n) is 5.12. The molecule has 10 heteroatoms. The van der Waals surface area contributed by atoms with E-state index in [9.17, 15) is 22.4 Å². The molecule has 1 aliphatic carbocycles. The number of halogens is 4. The Bertz CT molecular complexity index is 1050. The lowest BCUT2D eigenvalue weighted by Crippen LogP contribution is -2.59. The fraction of sp³-hybridized carbons (Fsp3) is 0.368. The van der Waals surface area contributed by atoms with Crippen LogP contribution in [0.2, 0.25) is 0 Å². The zero-order valence-electron chi connectivity index (χ0n) is 15.1. The van der Waals surface area contributed by atoms with Crippen molar-refractivity contribution in [3.8, 4) is 11.1 Å². The molecule has 1 fully saturated rings. The van der Waals surface area contributed by atoms with Crippen LogP contribution in [-0.4, -0.2) is 33.5 Å². The van der Waals surface area contributed by atoms with Crippen molar-refractivity contribution in [1.29, 1.82) is 0 Å². The maximum Gasteiger partial charge on any atom is 0.273 e. The van der Waals surface area contributed by atoms with Gasteiger partial charge in [-0.15, -0.1) is 11.3 Å². The second-order valence-corrected chi connectivity index (χ2v) is 8.13. The molecule has 154 valence electrons. The standard InChI is InChI=1S/C19H18F4N4OS/c20-17(21)15-10(11-9-25-27-7-2-1-5-13(11)27)8-14(29-15)18(28)26-16-12(24)4-3-6-19(16,22)23/h1-2,5,7-9,12,16-17H,3-4,6,24H2,(H,26,28)/t12-,16+/m0/s1. The van der Waals surface area contributed by atoms with Gasteiger partial charge in [0.1, 0.15) is 6.04 Å². The first kappa shape index (κ1) is 19.8. The first-order valence-corrected chi connectivity index (χ1v) is 9.88. The zero-order valence-corrected chi connectivity index (χ0v) is 15.9. The summed E-state index contributed by atoms with van der Waals surface area (Å²) in [7, 11) is 0. The Labute approximate surface area is 167 Å². The summed E-state index contributed by atoms with van der Waals surface area (Å²) in [6, 6.07) is 4.10. The van der Waals surface area contributed by atoms with E-state index in [2.05, 4.69) is 10.4 Å². The number of thiophene rings is 1. The van der Waals surface area contributed by atoms with Gasteiger partial charge in [0, 0.05) is 29.8 Å². The second kappa shape index (κ2) is 7.42. The highest BCUT2D eigenvalue weighted by molar-refractivity contribution is 7.14. The summed E-state index contributed by atoms with van der Waals surface area (Å²) in [5.41, 5.74) is 6.98. The highest BCUT2D eigenvalue weighted by Crippen LogP contribution is 2.40. The molecular weight excluding hydrogens is 408 g/mol. The normalized spacial score (nSPS) is 21.6. The van der Waals surface area contributed by atoms with Gasteiger partial charge in [-0.05, 0) is 31.0 Å². The van der Waals surface area contributed by atoms with Gasteiger partial charge < -0.3 is 11.1 Å². The first-order valence-electron chi connectivity index (χ1n) is 9.07. The summed E-state index contributed by atoms with van der Waals surface area (Å²) in [4.78, 5) is 12.2. The number of nitrogens with zero attached hydrogens (tertiary/aromatic N) is 2. The second-order valence-electron chi connectivity index (χ2n) is 7.05. The quantitative estimate of drug-likeness (QED) is 0.613. The number of hydrogen-bond donors (Lipinski definition) is 2. The lowest BCUT2D eigenvalue weighted by atomic mass is 9.87. The predicted octanol–water partition coefficient (Wildman–Crippen LogP) is 4.25. The molecule has 3 heterocycles. The number of carbonyl (C=O) groups is 1. The number of pyridine rings is 1. The van der Waals surface area contributed by atoms with E-state index in [1.807, 2.05) is 0 Å². The fourth-order valence-corrected chi connectivity index (χ4v) is 4.60. The maximum absolute atomic E-state index is 14.2. The van der Waals surface area contributed by atoms with E-state index in [1.54, 1.807) is 24.4 Å². The molecule has 2 atom stereocenters. The number of hydrogen-bond acceptors (Lipinski definition) is 4. The number of aromatic nitrogens is 2. The average molecular weight is 426 g/mol. The van der Waals surface area contributed by atoms with Crippen molar-refractivity contribution in [2.45, 2.75) is 43.7 Å². The van der Waals surface area contributed by atoms with Gasteiger partial charge in [-0.3, -0.25) is 4.79 Å². The summed E-state index contributed by atoms with van der Waals surface area (Å²) in [6.45, 7) is 0. The van der Waals surface area contributed by atoms with Crippen molar-refractivity contribution < 1.29 is 22.4 Å². The maximum atomic E-state index is 14.2. The number of nitrogens with two attached hydrogens (primary N) is 1. The van der Waals surface area contributed by atoms with Gasteiger partial charge in [-0.25, -0.2) is 22.1 Å². The van der Waals surface area contributed by atoms with E-state index in [1.165, 1.54) is 16.8 Å². The lowest BCUT2D eigenvalue weighted by molar-refractivity contribution is -0.0674. The van der Waals surface area contributed by atoms with Gasteiger partial charge in [-0.2, -0.15) is 5.10 Å². The van der Waals surface area contributed by atoms with Crippen molar-refractivity contribution in [1.82, 2.24) is 14.9 Å². The van der Waals surface area contributed by atoms with Crippen molar-refractivity contribution >= 4 is 22.8 Å². The van der Waals surface area contributed by atoms with Crippen LogP contribution in [0.4, 0.5) is 17.6 Å². The third kappa shape index (κ3) is 3.62. The molecule has 0 radical (unpaired) electrons. The Hall–Kier alpha value is -2.46. The zero-order chi connectivity index (χ0) is 20.8. The van der Waals surface area contributed by atoms with Crippen LogP contribution in [0.15, 0.2) is 36.7 Å². The smallest absolute Gasteiger partial charge is 0.273 e. The van der Waals surface area contributed by atoms with Crippen LogP contribution in [0.25, 0.3) is 16.6 Å². The van der Waals surface area contributed by atoms with Crippen molar-refractivity contribution in [2.75, 3.05) is 0 Å². The van der Waals surface area contributed by atoms with E-state index in [0.717, 1.165) is 0 Å². The number of amides is 1. The van der Waals surface area contributed by atoms with Gasteiger partial charge in [-0.1, -0.05) is 6.07 Å². The van der Waals surface area contributed by atoms with Crippen LogP contribution < -0.4 is 11.1 Å². The van der Waals surface area contributed by atoms with Gasteiger partial charge in [0.2, 0.25) is 0 Å². The molecule has 29 heavy (non-hydrogen) atoms. The van der Waals surface area contributed by atoms with Crippen molar-refractivity contribution in [3.63, 3.8) is 0 Å². The van der Waals surface area contributed by atoms with Gasteiger partial charge in [0.05, 0.1) is 21.5 Å². The molecule has 0 aliphatic heterocycles. The van der Waals surface area contributed by atoms with E-state index in [4.69, 9.17) is 5.73 Å². The first-order chi connectivity index (χ1) is 13.8. The van der Waals surface area contributed by atoms with Crippen LogP contribution in [0.1, 0.15) is 40.2 Å². The summed E-state index contributed by atoms with van der Waals surface area (Å²) in [5, 5.41) is 6.40. The molecule has 1 amide bonds. The molecule has 0 unspecified atom stereocenters. The average Bonchev–Trinajstić information content (AvgIpc) is 3.28. The third-order valence-corrected chi connectivity index (χ3v) is 6.26. The van der Waals surface area contributed by atoms with Gasteiger partial charge >= 0.3 is 0 Å². The minimum atomic E-state index is -3.14. The summed E-state index contributed by atoms with van der Waals surface area (Å²) >= 11 is 0.588. The highest BCUT2D eigenvalue weighted by atomic mass is 32.1. The topological polar surface area (TPSA) is 72.4 Å². The minimum Gasteiger partial charge on any atom is -0.341 e. The minimum absolute atomic E-state index is 0.0702. The summed E-state index contributed by atoms with van der Waals surface area (Å²) < 4.78 is 57.2. The van der Waals surface area contributed by atoms with Crippen molar-refractivity contribution in [2.24, 2.45) is 5.73 Å². The number of carbonyl (C=O) groups excluding carboxylic acids is 1. The van der Waals surface area contributed by atoms with E-state index < -0.39 is 30.3 Å². The number of rotatable bonds is 4. The molecule has 3 N–H and O–H groups in total. The number of nitrogens with one attached hydrogen (secondary N) is 1. The predicted molar refractivity (Wildman–Crippen MR) is 101 cm³/mol. The molecule has 0 spiro atoms. The molecule has 3 aromatic heterocycles. The van der Waals surface area contributed by atoms with Crippen LogP contribution in [-0.2, 0) is 0 Å². The molecule has 0 aromatic carbocycles. The highest BCUT2D eigenvalue weighted by Gasteiger charge is 2.46. The van der Waals surface area contributed by atoms with E-state index >= 15 is 0 Å². The lowest BCUT2D eigenvalue weighted by Gasteiger charge is -2.36. The Morgan fingerprint density at radius 2 is 2.14 bits per heavy atom. The Morgan fingerprint density at radius 3 is 2.86 bits per heavy atom. The Balaban J connectivity index is 1.69. The fourth-order valence-electron chi connectivity index (χ4n) is 3.67. The Kier molecular flexibility index (Phi) is 5.07. The monoisotopic (exact) mass is 426 g/mol. The molecular formula is C19H18F4N4OS. The van der Waals surface area contributed by atoms with E-state index in [-0.39, 0.29) is 28.2 Å². The van der Waals surface area contributed by atoms with Crippen LogP contribution in [0.3, 0.4) is 0 Å². The molecule has 0 bridgehead atoms. The Morgan fingerprint density at radius 1 is 1.34 bits per heavy atom. The largest absolute Gasteiger partial charge is 0.341 e. The molecule has 5 nitrogen and oxygen atoms in total. The van der Waals surface area contributed by atoms with E-state index in [0.29, 0.717) is 28.8 Å². The van der Waals surface area contributed by atoms with Crippen molar-refractivity contribution in [3.05, 3.63) is 46.4 Å². The SMILES string of the molecule is N[C@H]1CCCC(F)(F)[C@@H]1NC(=O)c1cc(-c2cnn3ccccc23)c(C(F)F)s1. The van der Waals surface area contributed by atoms with Gasteiger partial charge in [0.25, 0.3) is 18.3 Å². The van der Waals surface area contributed by atoms with Gasteiger partial charge in [0.15, 0.2) is 0 Å². The van der Waals surface area contributed by atoms with Crippen LogP contribution >= 0.6 is 11.3 Å². The molecule has 1 saturated carbocycles. The molecule has 3 aromatic rings. The number of fused-ring (bicyclic) bond motifs is 1. The van der Waals surface area contributed by atoms with Crippen LogP contribution in [0.5, 0.6) is 0 Å². The van der Waals surface area contributed by atoms with Crippen LogP contribution in [0, 0.1) is 0 Å². The molecule has 4 rings (SSSR count).